The largest absolute Gasteiger partial charge is 0.378 e. The third-order valence-electron chi connectivity index (χ3n) is 4.34. The molecule has 1 aromatic carbocycles. The van der Waals surface area contributed by atoms with Crippen molar-refractivity contribution >= 4 is 15.5 Å². The Balaban J connectivity index is 1.78. The second-order valence-corrected chi connectivity index (χ2v) is 8.52. The van der Waals surface area contributed by atoms with Crippen LogP contribution >= 0.6 is 0 Å². The Labute approximate surface area is 147 Å². The zero-order valence-corrected chi connectivity index (χ0v) is 15.4. The molecule has 0 bridgehead atoms. The van der Waals surface area contributed by atoms with Crippen LogP contribution in [0.25, 0.3) is 0 Å². The fourth-order valence-electron chi connectivity index (χ4n) is 2.93. The molecule has 1 aliphatic rings. The van der Waals surface area contributed by atoms with Crippen molar-refractivity contribution in [1.82, 2.24) is 14.9 Å². The summed E-state index contributed by atoms with van der Waals surface area (Å²) in [7, 11) is 0.485. The van der Waals surface area contributed by atoms with Gasteiger partial charge in [-0.2, -0.15) is 0 Å². The Bertz CT molecular complexity index is 933. The number of sulfone groups is 1. The van der Waals surface area contributed by atoms with E-state index in [1.165, 1.54) is 5.56 Å². The highest BCUT2D eigenvalue weighted by atomic mass is 32.2. The van der Waals surface area contributed by atoms with Crippen molar-refractivity contribution in [2.75, 3.05) is 31.8 Å². The van der Waals surface area contributed by atoms with Crippen molar-refractivity contribution in [3.8, 4) is 0 Å². The Morgan fingerprint density at radius 3 is 2.52 bits per heavy atom. The first-order valence-corrected chi connectivity index (χ1v) is 9.94. The van der Waals surface area contributed by atoms with Crippen LogP contribution in [0.5, 0.6) is 0 Å². The molecule has 0 spiro atoms. The van der Waals surface area contributed by atoms with Crippen molar-refractivity contribution in [2.45, 2.75) is 24.7 Å². The first-order chi connectivity index (χ1) is 11.7. The summed E-state index contributed by atoms with van der Waals surface area (Å²) >= 11 is 0. The third-order valence-corrected chi connectivity index (χ3v) is 5.23. The summed E-state index contributed by atoms with van der Waals surface area (Å²) in [4.78, 5) is 23.0. The lowest BCUT2D eigenvalue weighted by Crippen LogP contribution is -2.36. The Kier molecular flexibility index (Phi) is 4.66. The number of aromatic amines is 1. The molecule has 1 aromatic heterocycles. The maximum atomic E-state index is 12.3. The van der Waals surface area contributed by atoms with Gasteiger partial charge in [0.1, 0.15) is 0 Å². The molecule has 0 amide bonds. The highest BCUT2D eigenvalue weighted by molar-refractivity contribution is 7.90. The molecule has 2 aromatic rings. The van der Waals surface area contributed by atoms with Crippen LogP contribution in [-0.4, -0.2) is 50.2 Å². The van der Waals surface area contributed by atoms with Gasteiger partial charge in [-0.1, -0.05) is 12.1 Å². The minimum absolute atomic E-state index is 0.246. The average molecular weight is 362 g/mol. The van der Waals surface area contributed by atoms with Gasteiger partial charge >= 0.3 is 0 Å². The summed E-state index contributed by atoms with van der Waals surface area (Å²) in [6.45, 7) is 1.94. The van der Waals surface area contributed by atoms with Crippen LogP contribution in [0.15, 0.2) is 34.2 Å². The molecule has 0 unspecified atom stereocenters. The lowest BCUT2D eigenvalue weighted by Gasteiger charge is -2.27. The smallest absolute Gasteiger partial charge is 0.256 e. The molecule has 0 radical (unpaired) electrons. The highest BCUT2D eigenvalue weighted by Crippen LogP contribution is 2.19. The van der Waals surface area contributed by atoms with Crippen molar-refractivity contribution in [3.63, 3.8) is 0 Å². The van der Waals surface area contributed by atoms with Gasteiger partial charge in [0.15, 0.2) is 0 Å². The molecule has 1 N–H and O–H groups in total. The minimum Gasteiger partial charge on any atom is -0.378 e. The number of nitrogens with one attached hydrogen (secondary N) is 1. The SMILES string of the molecule is CN(C)c1ccc(CN2CCc3nc(S(C)(=O)=O)[nH]c(=O)c3C2)cc1. The third kappa shape index (κ3) is 3.91. The Hall–Kier alpha value is -2.19. The van der Waals surface area contributed by atoms with Crippen LogP contribution in [0.1, 0.15) is 16.8 Å². The van der Waals surface area contributed by atoms with Gasteiger partial charge in [0.2, 0.25) is 15.0 Å². The number of H-pyrrole nitrogens is 1. The molecular weight excluding hydrogens is 340 g/mol. The van der Waals surface area contributed by atoms with Gasteiger partial charge in [0.05, 0.1) is 11.3 Å². The number of benzene rings is 1. The fraction of sp³-hybridized carbons (Fsp3) is 0.412. The van der Waals surface area contributed by atoms with E-state index in [9.17, 15) is 13.2 Å². The molecule has 0 fully saturated rings. The lowest BCUT2D eigenvalue weighted by molar-refractivity contribution is 0.241. The van der Waals surface area contributed by atoms with Gasteiger partial charge in [-0.15, -0.1) is 0 Å². The van der Waals surface area contributed by atoms with Crippen LogP contribution in [-0.2, 0) is 29.3 Å². The number of rotatable bonds is 4. The number of hydrogen-bond acceptors (Lipinski definition) is 6. The summed E-state index contributed by atoms with van der Waals surface area (Å²) in [5.41, 5.74) is 3.10. The number of anilines is 1. The van der Waals surface area contributed by atoms with Crippen molar-refractivity contribution in [2.24, 2.45) is 0 Å². The predicted molar refractivity (Wildman–Crippen MR) is 96.6 cm³/mol. The lowest BCUT2D eigenvalue weighted by atomic mass is 10.1. The Morgan fingerprint density at radius 2 is 1.92 bits per heavy atom. The van der Waals surface area contributed by atoms with E-state index in [0.717, 1.165) is 25.0 Å². The number of nitrogens with zero attached hydrogens (tertiary/aromatic N) is 3. The van der Waals surface area contributed by atoms with Gasteiger partial charge < -0.3 is 4.90 Å². The van der Waals surface area contributed by atoms with Crippen molar-refractivity contribution in [1.29, 1.82) is 0 Å². The maximum Gasteiger partial charge on any atom is 0.256 e. The molecule has 7 nitrogen and oxygen atoms in total. The summed E-state index contributed by atoms with van der Waals surface area (Å²) in [6, 6.07) is 8.31. The first kappa shape index (κ1) is 17.6. The zero-order chi connectivity index (χ0) is 18.2. The number of aromatic nitrogens is 2. The Morgan fingerprint density at radius 1 is 1.24 bits per heavy atom. The molecule has 3 rings (SSSR count). The second-order valence-electron chi connectivity index (χ2n) is 6.59. The van der Waals surface area contributed by atoms with Gasteiger partial charge in [-0.3, -0.25) is 14.7 Å². The molecule has 134 valence electrons. The van der Waals surface area contributed by atoms with Gasteiger partial charge in [-0.05, 0) is 17.7 Å². The molecule has 1 aliphatic heterocycles. The van der Waals surface area contributed by atoms with Gasteiger partial charge in [0, 0.05) is 52.1 Å². The van der Waals surface area contributed by atoms with Crippen LogP contribution in [0.2, 0.25) is 0 Å². The van der Waals surface area contributed by atoms with E-state index in [1.54, 1.807) is 0 Å². The van der Waals surface area contributed by atoms with Crippen molar-refractivity contribution in [3.05, 3.63) is 51.4 Å². The van der Waals surface area contributed by atoms with Crippen LogP contribution in [0.3, 0.4) is 0 Å². The van der Waals surface area contributed by atoms with E-state index >= 15 is 0 Å². The summed E-state index contributed by atoms with van der Waals surface area (Å²) in [5.74, 6) is 0. The summed E-state index contributed by atoms with van der Waals surface area (Å²) in [5, 5.41) is -0.246. The average Bonchev–Trinajstić information content (AvgIpc) is 2.55. The molecule has 2 heterocycles. The topological polar surface area (TPSA) is 86.4 Å². The maximum absolute atomic E-state index is 12.3. The van der Waals surface area contributed by atoms with Crippen molar-refractivity contribution < 1.29 is 8.42 Å². The predicted octanol–water partition coefficient (Wildman–Crippen LogP) is 0.798. The molecule has 0 aliphatic carbocycles. The monoisotopic (exact) mass is 362 g/mol. The van der Waals surface area contributed by atoms with Crippen LogP contribution in [0.4, 0.5) is 5.69 Å². The highest BCUT2D eigenvalue weighted by Gasteiger charge is 2.23. The fourth-order valence-corrected chi connectivity index (χ4v) is 3.48. The molecular formula is C17H22N4O3S. The van der Waals surface area contributed by atoms with E-state index in [-0.39, 0.29) is 10.7 Å². The number of fused-ring (bicyclic) bond motifs is 1. The van der Waals surface area contributed by atoms with Gasteiger partial charge in [-0.25, -0.2) is 13.4 Å². The number of hydrogen-bond donors (Lipinski definition) is 1. The molecule has 25 heavy (non-hydrogen) atoms. The van der Waals surface area contributed by atoms with E-state index in [2.05, 4.69) is 39.1 Å². The van der Waals surface area contributed by atoms with E-state index < -0.39 is 9.84 Å². The van der Waals surface area contributed by atoms with Crippen LogP contribution < -0.4 is 10.5 Å². The minimum atomic E-state index is -3.52. The zero-order valence-electron chi connectivity index (χ0n) is 14.6. The standard InChI is InChI=1S/C17H22N4O3S/c1-20(2)13-6-4-12(5-7-13)10-21-9-8-15-14(11-21)16(22)19-17(18-15)25(3,23)24/h4-7H,8-11H2,1-3H3,(H,18,19,22). The molecule has 8 heteroatoms. The quantitative estimate of drug-likeness (QED) is 0.810. The summed E-state index contributed by atoms with van der Waals surface area (Å²) in [6.07, 6.45) is 1.61. The molecule has 0 saturated heterocycles. The summed E-state index contributed by atoms with van der Waals surface area (Å²) < 4.78 is 23.2. The van der Waals surface area contributed by atoms with E-state index in [1.807, 2.05) is 19.0 Å². The van der Waals surface area contributed by atoms with E-state index in [0.29, 0.717) is 24.2 Å². The first-order valence-electron chi connectivity index (χ1n) is 8.05. The molecule has 0 atom stereocenters. The normalized spacial score (nSPS) is 15.0. The van der Waals surface area contributed by atoms with Crippen LogP contribution in [0, 0.1) is 0 Å². The second kappa shape index (κ2) is 6.61. The molecule has 0 saturated carbocycles. The van der Waals surface area contributed by atoms with E-state index in [4.69, 9.17) is 0 Å². The van der Waals surface area contributed by atoms with Gasteiger partial charge in [0.25, 0.3) is 5.56 Å².